The third kappa shape index (κ3) is 4.17. The molecule has 4 nitrogen and oxygen atoms in total. The third-order valence-corrected chi connectivity index (χ3v) is 8.08. The highest BCUT2D eigenvalue weighted by molar-refractivity contribution is 5.83. The lowest BCUT2D eigenvalue weighted by molar-refractivity contribution is 0.0848. The number of nitrogens with one attached hydrogen (secondary N) is 1. The predicted octanol–water partition coefficient (Wildman–Crippen LogP) is 5.29. The summed E-state index contributed by atoms with van der Waals surface area (Å²) >= 11 is 0. The first-order valence-electron chi connectivity index (χ1n) is 12.6. The van der Waals surface area contributed by atoms with Gasteiger partial charge in [0.25, 0.3) is 0 Å². The number of ether oxygens (including phenoxy) is 1. The summed E-state index contributed by atoms with van der Waals surface area (Å²) in [6, 6.07) is 9.92. The summed E-state index contributed by atoms with van der Waals surface area (Å²) in [6.07, 6.45) is 9.30. The molecule has 33 heavy (non-hydrogen) atoms. The van der Waals surface area contributed by atoms with Crippen LogP contribution >= 0.6 is 0 Å². The molecule has 3 heterocycles. The summed E-state index contributed by atoms with van der Waals surface area (Å²) < 4.78 is 20.1. The molecule has 3 aromatic rings. The van der Waals surface area contributed by atoms with Crippen molar-refractivity contribution in [1.29, 1.82) is 0 Å². The van der Waals surface area contributed by atoms with Crippen molar-refractivity contribution in [2.24, 2.45) is 5.92 Å². The fraction of sp³-hybridized carbons (Fsp3) is 0.500. The smallest absolute Gasteiger partial charge is 0.123 e. The van der Waals surface area contributed by atoms with Crippen LogP contribution in [-0.2, 0) is 25.9 Å². The first kappa shape index (κ1) is 21.2. The van der Waals surface area contributed by atoms with Gasteiger partial charge in [0.15, 0.2) is 0 Å². The molecule has 2 aliphatic heterocycles. The Labute approximate surface area is 195 Å². The average molecular weight is 448 g/mol. The second kappa shape index (κ2) is 8.77. The maximum Gasteiger partial charge on any atom is 0.123 e. The summed E-state index contributed by atoms with van der Waals surface area (Å²) in [5, 5.41) is 1.02. The quantitative estimate of drug-likeness (QED) is 0.534. The molecule has 2 aromatic carbocycles. The first-order chi connectivity index (χ1) is 16.1. The van der Waals surface area contributed by atoms with Crippen molar-refractivity contribution < 1.29 is 9.13 Å². The minimum atomic E-state index is -0.161. The van der Waals surface area contributed by atoms with Crippen molar-refractivity contribution in [2.45, 2.75) is 57.7 Å². The average Bonchev–Trinajstić information content (AvgIpc) is 3.37. The van der Waals surface area contributed by atoms with Crippen LogP contribution in [0.5, 0.6) is 5.75 Å². The molecular formula is C28H34FN3O. The largest absolute Gasteiger partial charge is 0.492 e. The number of nitrogens with zero attached hydrogens (tertiary/aromatic N) is 2. The predicted molar refractivity (Wildman–Crippen MR) is 130 cm³/mol. The summed E-state index contributed by atoms with van der Waals surface area (Å²) in [5.74, 6) is 1.78. The Morgan fingerprint density at radius 1 is 1.15 bits per heavy atom. The van der Waals surface area contributed by atoms with E-state index in [0.29, 0.717) is 6.04 Å². The van der Waals surface area contributed by atoms with Gasteiger partial charge in [-0.3, -0.25) is 9.80 Å². The normalized spacial score (nSPS) is 20.6. The third-order valence-electron chi connectivity index (χ3n) is 8.08. The van der Waals surface area contributed by atoms with E-state index in [1.807, 2.05) is 6.07 Å². The van der Waals surface area contributed by atoms with E-state index >= 15 is 0 Å². The Morgan fingerprint density at radius 2 is 2.06 bits per heavy atom. The number of aryl methyl sites for hydroxylation is 1. The van der Waals surface area contributed by atoms with E-state index in [0.717, 1.165) is 68.1 Å². The van der Waals surface area contributed by atoms with Crippen LogP contribution in [0.3, 0.4) is 0 Å². The number of halogens is 1. The standard InChI is InChI=1S/C28H34FN3O/c1-31-16-21-7-10-28-25(26(21)17-31)13-23(18-33-28)32(15-19-4-2-5-19)11-3-6-20-14-30-27-9-8-22(29)12-24(20)27/h7-10,12,14,19,23,30H,2-6,11,13,15-18H2,1H3. The SMILES string of the molecule is CN1Cc2ccc3c(c2C1)CC(N(CCCc1c[nH]c2ccc(F)cc12)CC1CCC1)CO3. The zero-order chi connectivity index (χ0) is 22.4. The van der Waals surface area contributed by atoms with Gasteiger partial charge in [-0.15, -0.1) is 0 Å². The van der Waals surface area contributed by atoms with Gasteiger partial charge in [0.05, 0.1) is 0 Å². The molecule has 3 aliphatic rings. The molecule has 174 valence electrons. The number of benzene rings is 2. The van der Waals surface area contributed by atoms with Gasteiger partial charge in [0, 0.05) is 48.3 Å². The lowest BCUT2D eigenvalue weighted by atomic mass is 9.84. The van der Waals surface area contributed by atoms with Gasteiger partial charge in [-0.05, 0) is 92.6 Å². The highest BCUT2D eigenvalue weighted by Gasteiger charge is 2.32. The molecule has 6 rings (SSSR count). The minimum Gasteiger partial charge on any atom is -0.492 e. The van der Waals surface area contributed by atoms with E-state index in [9.17, 15) is 4.39 Å². The van der Waals surface area contributed by atoms with Crippen molar-refractivity contribution in [3.63, 3.8) is 0 Å². The van der Waals surface area contributed by atoms with Gasteiger partial charge < -0.3 is 9.72 Å². The highest BCUT2D eigenvalue weighted by atomic mass is 19.1. The van der Waals surface area contributed by atoms with Gasteiger partial charge in [0.1, 0.15) is 18.2 Å². The van der Waals surface area contributed by atoms with E-state index < -0.39 is 0 Å². The topological polar surface area (TPSA) is 31.5 Å². The number of hydrogen-bond donors (Lipinski definition) is 1. The zero-order valence-electron chi connectivity index (χ0n) is 19.6. The van der Waals surface area contributed by atoms with E-state index in [-0.39, 0.29) is 5.82 Å². The van der Waals surface area contributed by atoms with E-state index in [4.69, 9.17) is 4.74 Å². The molecule has 1 aliphatic carbocycles. The monoisotopic (exact) mass is 447 g/mol. The molecular weight excluding hydrogens is 413 g/mol. The first-order valence-corrected chi connectivity index (χ1v) is 12.6. The van der Waals surface area contributed by atoms with Crippen LogP contribution in [-0.4, -0.2) is 47.6 Å². The van der Waals surface area contributed by atoms with Gasteiger partial charge in [0.2, 0.25) is 0 Å². The molecule has 1 saturated carbocycles. The van der Waals surface area contributed by atoms with Crippen LogP contribution < -0.4 is 4.74 Å². The van der Waals surface area contributed by atoms with Crippen LogP contribution in [0.1, 0.15) is 47.9 Å². The molecule has 0 saturated heterocycles. The Balaban J connectivity index is 1.17. The Bertz CT molecular complexity index is 1150. The number of hydrogen-bond acceptors (Lipinski definition) is 3. The molecule has 1 aromatic heterocycles. The Morgan fingerprint density at radius 3 is 2.91 bits per heavy atom. The number of aromatic nitrogens is 1. The Kier molecular flexibility index (Phi) is 5.63. The molecule has 1 N–H and O–H groups in total. The zero-order valence-corrected chi connectivity index (χ0v) is 19.6. The number of H-pyrrole nitrogens is 1. The number of rotatable bonds is 7. The van der Waals surface area contributed by atoms with E-state index in [1.165, 1.54) is 54.1 Å². The molecule has 1 atom stereocenters. The molecule has 5 heteroatoms. The summed E-state index contributed by atoms with van der Waals surface area (Å²) in [7, 11) is 2.20. The van der Waals surface area contributed by atoms with Gasteiger partial charge in [-0.2, -0.15) is 0 Å². The minimum absolute atomic E-state index is 0.161. The second-order valence-electron chi connectivity index (χ2n) is 10.4. The molecule has 1 unspecified atom stereocenters. The summed E-state index contributed by atoms with van der Waals surface area (Å²) in [5.41, 5.74) is 6.66. The van der Waals surface area contributed by atoms with Crippen molar-refractivity contribution in [2.75, 3.05) is 26.7 Å². The van der Waals surface area contributed by atoms with Gasteiger partial charge in [-0.1, -0.05) is 12.5 Å². The van der Waals surface area contributed by atoms with Crippen LogP contribution in [0.15, 0.2) is 36.5 Å². The second-order valence-corrected chi connectivity index (χ2v) is 10.4. The maximum absolute atomic E-state index is 13.8. The van der Waals surface area contributed by atoms with Gasteiger partial charge in [-0.25, -0.2) is 4.39 Å². The van der Waals surface area contributed by atoms with Crippen LogP contribution in [0, 0.1) is 11.7 Å². The van der Waals surface area contributed by atoms with Crippen molar-refractivity contribution in [3.8, 4) is 5.75 Å². The molecule has 1 fully saturated rings. The summed E-state index contributed by atoms with van der Waals surface area (Å²) in [6.45, 7) is 5.11. The molecule has 0 radical (unpaired) electrons. The van der Waals surface area contributed by atoms with Crippen LogP contribution in [0.2, 0.25) is 0 Å². The Hall–Kier alpha value is -2.37. The summed E-state index contributed by atoms with van der Waals surface area (Å²) in [4.78, 5) is 8.40. The van der Waals surface area contributed by atoms with Crippen LogP contribution in [0.25, 0.3) is 10.9 Å². The number of fused-ring (bicyclic) bond motifs is 4. The number of aromatic amines is 1. The molecule has 0 spiro atoms. The maximum atomic E-state index is 13.8. The molecule has 0 bridgehead atoms. The van der Waals surface area contributed by atoms with Gasteiger partial charge >= 0.3 is 0 Å². The van der Waals surface area contributed by atoms with E-state index in [1.54, 1.807) is 6.07 Å². The fourth-order valence-electron chi connectivity index (χ4n) is 6.02. The highest BCUT2D eigenvalue weighted by Crippen LogP contribution is 2.36. The molecule has 0 amide bonds. The lowest BCUT2D eigenvalue weighted by Crippen LogP contribution is -2.47. The van der Waals surface area contributed by atoms with Crippen molar-refractivity contribution >= 4 is 10.9 Å². The van der Waals surface area contributed by atoms with Crippen molar-refractivity contribution in [1.82, 2.24) is 14.8 Å². The fourth-order valence-corrected chi connectivity index (χ4v) is 6.02. The van der Waals surface area contributed by atoms with Crippen LogP contribution in [0.4, 0.5) is 4.39 Å². The lowest BCUT2D eigenvalue weighted by Gasteiger charge is -2.39. The van der Waals surface area contributed by atoms with Crippen molar-refractivity contribution in [3.05, 3.63) is 64.6 Å². The van der Waals surface area contributed by atoms with E-state index in [2.05, 4.69) is 40.2 Å².